The highest BCUT2D eigenvalue weighted by atomic mass is 32.2. The molecule has 134 valence electrons. The predicted octanol–water partition coefficient (Wildman–Crippen LogP) is 1.91. The molecule has 2 rings (SSSR count). The second-order valence-electron chi connectivity index (χ2n) is 4.76. The number of benzene rings is 2. The minimum Gasteiger partial charge on any atom is -0.366 e. The van der Waals surface area contributed by atoms with Crippen molar-refractivity contribution in [2.24, 2.45) is 5.73 Å². The molecule has 6 nitrogen and oxygen atoms in total. The molecular weight excluding hydrogens is 383 g/mol. The summed E-state index contributed by atoms with van der Waals surface area (Å²) in [6, 6.07) is 7.81. The van der Waals surface area contributed by atoms with Crippen LogP contribution in [0.25, 0.3) is 0 Å². The number of amides is 1. The van der Waals surface area contributed by atoms with Gasteiger partial charge in [0, 0.05) is 0 Å². The van der Waals surface area contributed by atoms with Crippen LogP contribution in [0.2, 0.25) is 0 Å². The van der Waals surface area contributed by atoms with E-state index in [1.165, 1.54) is 12.1 Å². The van der Waals surface area contributed by atoms with Gasteiger partial charge in [-0.05, 0) is 24.3 Å². The number of nitrogens with two attached hydrogens (primary N) is 1. The molecule has 2 aromatic rings. The van der Waals surface area contributed by atoms with Crippen molar-refractivity contribution in [3.05, 3.63) is 54.1 Å². The van der Waals surface area contributed by atoms with Crippen molar-refractivity contribution < 1.29 is 34.8 Å². The van der Waals surface area contributed by atoms with Crippen LogP contribution in [0.4, 0.5) is 13.2 Å². The first-order chi connectivity index (χ1) is 11.4. The van der Waals surface area contributed by atoms with Crippen LogP contribution in [0.15, 0.2) is 63.2 Å². The molecule has 25 heavy (non-hydrogen) atoms. The Kier molecular flexibility index (Phi) is 4.66. The first-order valence-electron chi connectivity index (χ1n) is 6.45. The Balaban J connectivity index is 2.84. The summed E-state index contributed by atoms with van der Waals surface area (Å²) in [5.74, 6) is -1.13. The van der Waals surface area contributed by atoms with Crippen molar-refractivity contribution in [3.63, 3.8) is 0 Å². The highest BCUT2D eigenvalue weighted by Crippen LogP contribution is 2.36. The standard InChI is InChI=1S/C14H10F3NO5S2/c15-14(16,17)25(22,23)12-8-4-3-7-11(12)24(20,21)10-6-2-1-5-9(10)13(18)19/h1-8H,(H2,18,19). The number of halogens is 3. The van der Waals surface area contributed by atoms with E-state index in [1.807, 2.05) is 0 Å². The molecule has 0 radical (unpaired) electrons. The molecule has 0 spiro atoms. The van der Waals surface area contributed by atoms with E-state index in [1.54, 1.807) is 0 Å². The van der Waals surface area contributed by atoms with Crippen LogP contribution in [0, 0.1) is 0 Å². The maximum Gasteiger partial charge on any atom is 0.501 e. The molecule has 11 heteroatoms. The Hall–Kier alpha value is -2.40. The van der Waals surface area contributed by atoms with Crippen LogP contribution in [0.3, 0.4) is 0 Å². The Morgan fingerprint density at radius 1 is 0.800 bits per heavy atom. The maximum atomic E-state index is 12.8. The normalized spacial score (nSPS) is 12.8. The number of alkyl halides is 3. The van der Waals surface area contributed by atoms with Crippen LogP contribution in [-0.2, 0) is 19.7 Å². The monoisotopic (exact) mass is 393 g/mol. The maximum absolute atomic E-state index is 12.8. The van der Waals surface area contributed by atoms with E-state index in [-0.39, 0.29) is 0 Å². The van der Waals surface area contributed by atoms with E-state index in [0.29, 0.717) is 12.1 Å². The van der Waals surface area contributed by atoms with Gasteiger partial charge in [0.25, 0.3) is 9.84 Å². The average molecular weight is 393 g/mol. The number of hydrogen-bond donors (Lipinski definition) is 1. The lowest BCUT2D eigenvalue weighted by Crippen LogP contribution is -2.25. The van der Waals surface area contributed by atoms with E-state index in [9.17, 15) is 34.8 Å². The second-order valence-corrected chi connectivity index (χ2v) is 8.56. The Morgan fingerprint density at radius 3 is 1.72 bits per heavy atom. The molecular formula is C14H10F3NO5S2. The molecule has 0 saturated carbocycles. The quantitative estimate of drug-likeness (QED) is 0.853. The Bertz CT molecular complexity index is 1040. The van der Waals surface area contributed by atoms with E-state index < -0.39 is 51.3 Å². The zero-order chi connectivity index (χ0) is 19.0. The van der Waals surface area contributed by atoms with Gasteiger partial charge in [-0.15, -0.1) is 0 Å². The summed E-state index contributed by atoms with van der Waals surface area (Å²) in [6.45, 7) is 0. The van der Waals surface area contributed by atoms with Gasteiger partial charge in [0.2, 0.25) is 15.7 Å². The van der Waals surface area contributed by atoms with Gasteiger partial charge in [-0.1, -0.05) is 24.3 Å². The molecule has 0 heterocycles. The van der Waals surface area contributed by atoms with Crippen LogP contribution >= 0.6 is 0 Å². The van der Waals surface area contributed by atoms with Crippen LogP contribution in [0.1, 0.15) is 10.4 Å². The van der Waals surface area contributed by atoms with E-state index in [4.69, 9.17) is 5.73 Å². The third-order valence-corrected chi connectivity index (χ3v) is 6.72. The summed E-state index contributed by atoms with van der Waals surface area (Å²) >= 11 is 0. The number of carbonyl (C=O) groups is 1. The fraction of sp³-hybridized carbons (Fsp3) is 0.0714. The van der Waals surface area contributed by atoms with Gasteiger partial charge >= 0.3 is 5.51 Å². The molecule has 0 aromatic heterocycles. The Morgan fingerprint density at radius 2 is 1.24 bits per heavy atom. The fourth-order valence-electron chi connectivity index (χ4n) is 2.04. The molecule has 0 atom stereocenters. The number of sulfone groups is 2. The summed E-state index contributed by atoms with van der Waals surface area (Å²) in [4.78, 5) is 8.19. The summed E-state index contributed by atoms with van der Waals surface area (Å²) in [7, 11) is -10.7. The van der Waals surface area contributed by atoms with Crippen LogP contribution in [0.5, 0.6) is 0 Å². The predicted molar refractivity (Wildman–Crippen MR) is 80.1 cm³/mol. The zero-order valence-electron chi connectivity index (χ0n) is 12.2. The minimum atomic E-state index is -5.93. The van der Waals surface area contributed by atoms with Crippen molar-refractivity contribution in [3.8, 4) is 0 Å². The lowest BCUT2D eigenvalue weighted by Gasteiger charge is -2.14. The van der Waals surface area contributed by atoms with E-state index >= 15 is 0 Å². The van der Waals surface area contributed by atoms with Gasteiger partial charge in [0.1, 0.15) is 0 Å². The highest BCUT2D eigenvalue weighted by molar-refractivity contribution is 7.95. The third kappa shape index (κ3) is 3.24. The smallest absolute Gasteiger partial charge is 0.366 e. The topological polar surface area (TPSA) is 111 Å². The van der Waals surface area contributed by atoms with Crippen molar-refractivity contribution in [1.82, 2.24) is 0 Å². The van der Waals surface area contributed by atoms with Gasteiger partial charge in [0.05, 0.1) is 20.2 Å². The molecule has 0 fully saturated rings. The fourth-order valence-corrected chi connectivity index (χ4v) is 5.08. The summed E-state index contributed by atoms with van der Waals surface area (Å²) in [5.41, 5.74) is -1.08. The SMILES string of the molecule is NC(=O)c1ccccc1S(=O)(=O)c1ccccc1S(=O)(=O)C(F)(F)F. The highest BCUT2D eigenvalue weighted by Gasteiger charge is 2.49. The molecule has 0 unspecified atom stereocenters. The number of rotatable bonds is 4. The molecule has 2 aromatic carbocycles. The first kappa shape index (κ1) is 18.9. The lowest BCUT2D eigenvalue weighted by molar-refractivity contribution is -0.0437. The van der Waals surface area contributed by atoms with Crippen molar-refractivity contribution in [2.75, 3.05) is 0 Å². The summed E-state index contributed by atoms with van der Waals surface area (Å²) in [5, 5.41) is 0. The first-order valence-corrected chi connectivity index (χ1v) is 9.41. The zero-order valence-corrected chi connectivity index (χ0v) is 13.8. The van der Waals surface area contributed by atoms with Gasteiger partial charge < -0.3 is 5.73 Å². The van der Waals surface area contributed by atoms with E-state index in [0.717, 1.165) is 24.3 Å². The number of hydrogen-bond acceptors (Lipinski definition) is 5. The van der Waals surface area contributed by atoms with Crippen molar-refractivity contribution in [1.29, 1.82) is 0 Å². The van der Waals surface area contributed by atoms with Gasteiger partial charge in [0.15, 0.2) is 0 Å². The Labute approximate surface area is 140 Å². The lowest BCUT2D eigenvalue weighted by atomic mass is 10.2. The second kappa shape index (κ2) is 6.15. The van der Waals surface area contributed by atoms with Crippen LogP contribution in [-0.4, -0.2) is 28.3 Å². The average Bonchev–Trinajstić information content (AvgIpc) is 2.53. The molecule has 0 aliphatic rings. The molecule has 2 N–H and O–H groups in total. The molecule has 0 saturated heterocycles. The minimum absolute atomic E-state index is 0.471. The van der Waals surface area contributed by atoms with Gasteiger partial charge in [-0.3, -0.25) is 4.79 Å². The van der Waals surface area contributed by atoms with E-state index in [2.05, 4.69) is 0 Å². The molecule has 0 aliphatic carbocycles. The largest absolute Gasteiger partial charge is 0.501 e. The molecule has 1 amide bonds. The van der Waals surface area contributed by atoms with Crippen molar-refractivity contribution in [2.45, 2.75) is 20.2 Å². The van der Waals surface area contributed by atoms with Gasteiger partial charge in [-0.2, -0.15) is 13.2 Å². The summed E-state index contributed by atoms with van der Waals surface area (Å²) in [6.07, 6.45) is 0. The number of primary amides is 1. The third-order valence-electron chi connectivity index (χ3n) is 3.17. The molecule has 0 bridgehead atoms. The van der Waals surface area contributed by atoms with Crippen LogP contribution < -0.4 is 5.73 Å². The molecule has 0 aliphatic heterocycles. The van der Waals surface area contributed by atoms with Crippen molar-refractivity contribution >= 4 is 25.6 Å². The summed E-state index contributed by atoms with van der Waals surface area (Å²) < 4.78 is 87.3. The van der Waals surface area contributed by atoms with Gasteiger partial charge in [-0.25, -0.2) is 16.8 Å². The number of carbonyl (C=O) groups excluding carboxylic acids is 1.